The van der Waals surface area contributed by atoms with Crippen LogP contribution in [0.1, 0.15) is 23.5 Å². The van der Waals surface area contributed by atoms with E-state index in [-0.39, 0.29) is 5.92 Å². The van der Waals surface area contributed by atoms with Crippen molar-refractivity contribution in [3.8, 4) is 0 Å². The van der Waals surface area contributed by atoms with Crippen molar-refractivity contribution in [3.63, 3.8) is 0 Å². The molecular formula is C21H22Cl2N2O2. The molecule has 0 bridgehead atoms. The molecule has 0 spiro atoms. The number of carboxylic acid groups (broad SMARTS) is 1. The highest BCUT2D eigenvalue weighted by molar-refractivity contribution is 6.39. The molecular weight excluding hydrogens is 383 g/mol. The monoisotopic (exact) mass is 404 g/mol. The molecule has 2 aromatic carbocycles. The summed E-state index contributed by atoms with van der Waals surface area (Å²) in [6, 6.07) is 14.3. The molecule has 0 aliphatic carbocycles. The molecule has 2 heterocycles. The van der Waals surface area contributed by atoms with E-state index in [2.05, 4.69) is 34.1 Å². The van der Waals surface area contributed by atoms with E-state index in [0.717, 1.165) is 38.3 Å². The number of aliphatic carboxylic acids is 1. The Hall–Kier alpha value is -1.75. The Morgan fingerprint density at radius 3 is 2.30 bits per heavy atom. The van der Waals surface area contributed by atoms with Gasteiger partial charge in [-0.15, -0.1) is 0 Å². The molecule has 27 heavy (non-hydrogen) atoms. The number of nitrogens with zero attached hydrogens (tertiary/aromatic N) is 2. The Bertz CT molecular complexity index is 814. The summed E-state index contributed by atoms with van der Waals surface area (Å²) in [5, 5.41) is 10.5. The minimum atomic E-state index is -0.680. The van der Waals surface area contributed by atoms with E-state index < -0.39 is 5.97 Å². The molecule has 0 amide bonds. The molecule has 2 aromatic rings. The summed E-state index contributed by atoms with van der Waals surface area (Å²) in [6.45, 7) is 4.14. The molecule has 1 atom stereocenters. The molecule has 2 aliphatic rings. The minimum Gasteiger partial charge on any atom is -0.481 e. The lowest BCUT2D eigenvalue weighted by Gasteiger charge is -2.42. The highest BCUT2D eigenvalue weighted by Crippen LogP contribution is 2.40. The first kappa shape index (κ1) is 18.6. The molecule has 2 fully saturated rings. The van der Waals surface area contributed by atoms with E-state index in [1.807, 2.05) is 18.2 Å². The number of carbonyl (C=O) groups is 1. The second kappa shape index (κ2) is 7.70. The highest BCUT2D eigenvalue weighted by Gasteiger charge is 2.31. The van der Waals surface area contributed by atoms with Crippen LogP contribution in [0.3, 0.4) is 0 Å². The van der Waals surface area contributed by atoms with Gasteiger partial charge in [-0.05, 0) is 36.2 Å². The molecule has 4 nitrogen and oxygen atoms in total. The number of carboxylic acids is 1. The van der Waals surface area contributed by atoms with Crippen LogP contribution in [0.25, 0.3) is 0 Å². The van der Waals surface area contributed by atoms with Crippen LogP contribution < -0.4 is 4.90 Å². The lowest BCUT2D eigenvalue weighted by atomic mass is 9.90. The number of benzene rings is 2. The maximum absolute atomic E-state index is 11.1. The number of hydrogen-bond acceptors (Lipinski definition) is 3. The fourth-order valence-corrected chi connectivity index (χ4v) is 4.63. The number of halogens is 2. The first-order valence-electron chi connectivity index (χ1n) is 9.24. The highest BCUT2D eigenvalue weighted by atomic mass is 35.5. The van der Waals surface area contributed by atoms with Crippen molar-refractivity contribution in [2.45, 2.75) is 18.9 Å². The molecule has 1 N–H and O–H groups in total. The summed E-state index contributed by atoms with van der Waals surface area (Å²) in [5.74, 6) is -0.419. The Morgan fingerprint density at radius 1 is 1.04 bits per heavy atom. The van der Waals surface area contributed by atoms with Crippen LogP contribution in [-0.4, -0.2) is 42.2 Å². The van der Waals surface area contributed by atoms with E-state index in [1.165, 1.54) is 11.1 Å². The Kier molecular flexibility index (Phi) is 5.31. The molecule has 0 saturated carbocycles. The van der Waals surface area contributed by atoms with Crippen molar-refractivity contribution < 1.29 is 9.90 Å². The van der Waals surface area contributed by atoms with Gasteiger partial charge in [0.05, 0.1) is 21.7 Å². The standard InChI is InChI=1S/C21H22Cl2N2O2/c22-18-2-1-3-19(23)20(18)25-12-17(13-25)15-6-4-14(5-7-15)10-24-9-8-16(11-24)21(26)27/h1-7,16-17H,8-13H2,(H,26,27)/t16-/m1/s1. The van der Waals surface area contributed by atoms with Crippen LogP contribution in [0.5, 0.6) is 0 Å². The molecule has 4 rings (SSSR count). The van der Waals surface area contributed by atoms with E-state index >= 15 is 0 Å². The van der Waals surface area contributed by atoms with Gasteiger partial charge in [-0.2, -0.15) is 0 Å². The van der Waals surface area contributed by atoms with Gasteiger partial charge in [0.2, 0.25) is 0 Å². The van der Waals surface area contributed by atoms with Crippen LogP contribution in [-0.2, 0) is 11.3 Å². The molecule has 0 unspecified atom stereocenters. The number of likely N-dealkylation sites (tertiary alicyclic amines) is 1. The normalized spacial score (nSPS) is 20.7. The van der Waals surface area contributed by atoms with Gasteiger partial charge in [0.15, 0.2) is 0 Å². The van der Waals surface area contributed by atoms with Crippen LogP contribution in [0, 0.1) is 5.92 Å². The SMILES string of the molecule is O=C(O)[C@@H]1CCN(Cc2ccc(C3CN(c4c(Cl)cccc4Cl)C3)cc2)C1. The molecule has 0 aromatic heterocycles. The zero-order valence-electron chi connectivity index (χ0n) is 14.9. The van der Waals surface area contributed by atoms with Crippen molar-refractivity contribution in [2.75, 3.05) is 31.1 Å². The van der Waals surface area contributed by atoms with E-state index in [1.54, 1.807) is 0 Å². The average molecular weight is 405 g/mol. The number of rotatable bonds is 5. The summed E-state index contributed by atoms with van der Waals surface area (Å²) in [4.78, 5) is 15.5. The molecule has 2 aliphatic heterocycles. The summed E-state index contributed by atoms with van der Waals surface area (Å²) >= 11 is 12.6. The van der Waals surface area contributed by atoms with Gasteiger partial charge >= 0.3 is 5.97 Å². The molecule has 6 heteroatoms. The predicted octanol–water partition coefficient (Wildman–Crippen LogP) is 4.50. The van der Waals surface area contributed by atoms with E-state index in [4.69, 9.17) is 28.3 Å². The maximum atomic E-state index is 11.1. The number of anilines is 1. The summed E-state index contributed by atoms with van der Waals surface area (Å²) < 4.78 is 0. The average Bonchev–Trinajstić information content (AvgIpc) is 3.06. The summed E-state index contributed by atoms with van der Waals surface area (Å²) in [7, 11) is 0. The van der Waals surface area contributed by atoms with Crippen molar-refractivity contribution in [1.29, 1.82) is 0 Å². The van der Waals surface area contributed by atoms with Crippen molar-refractivity contribution in [2.24, 2.45) is 5.92 Å². The van der Waals surface area contributed by atoms with Crippen molar-refractivity contribution in [3.05, 3.63) is 63.6 Å². The van der Waals surface area contributed by atoms with Gasteiger partial charge in [-0.1, -0.05) is 53.5 Å². The van der Waals surface area contributed by atoms with Crippen LogP contribution in [0.15, 0.2) is 42.5 Å². The van der Waals surface area contributed by atoms with E-state index in [9.17, 15) is 4.79 Å². The predicted molar refractivity (Wildman–Crippen MR) is 109 cm³/mol. The third-order valence-electron chi connectivity index (χ3n) is 5.61. The van der Waals surface area contributed by atoms with Gasteiger partial charge in [0.1, 0.15) is 0 Å². The fraction of sp³-hybridized carbons (Fsp3) is 0.381. The van der Waals surface area contributed by atoms with Gasteiger partial charge < -0.3 is 10.0 Å². The molecule has 0 radical (unpaired) electrons. The van der Waals surface area contributed by atoms with Crippen LogP contribution in [0.2, 0.25) is 10.0 Å². The van der Waals surface area contributed by atoms with Crippen LogP contribution in [0.4, 0.5) is 5.69 Å². The fourth-order valence-electron chi connectivity index (χ4n) is 3.99. The van der Waals surface area contributed by atoms with Crippen LogP contribution >= 0.6 is 23.2 Å². The quantitative estimate of drug-likeness (QED) is 0.796. The zero-order valence-corrected chi connectivity index (χ0v) is 16.5. The second-order valence-corrected chi connectivity index (χ2v) is 8.29. The van der Waals surface area contributed by atoms with Crippen molar-refractivity contribution >= 4 is 34.9 Å². The van der Waals surface area contributed by atoms with Crippen molar-refractivity contribution in [1.82, 2.24) is 4.90 Å². The maximum Gasteiger partial charge on any atom is 0.307 e. The lowest BCUT2D eigenvalue weighted by molar-refractivity contribution is -0.141. The zero-order chi connectivity index (χ0) is 19.0. The third kappa shape index (κ3) is 3.93. The second-order valence-electron chi connectivity index (χ2n) is 7.47. The smallest absolute Gasteiger partial charge is 0.307 e. The largest absolute Gasteiger partial charge is 0.481 e. The minimum absolute atomic E-state index is 0.220. The Morgan fingerprint density at radius 2 is 1.70 bits per heavy atom. The topological polar surface area (TPSA) is 43.8 Å². The third-order valence-corrected chi connectivity index (χ3v) is 6.22. The van der Waals surface area contributed by atoms with Gasteiger partial charge in [-0.25, -0.2) is 0 Å². The Balaban J connectivity index is 1.34. The first-order chi connectivity index (χ1) is 13.0. The molecule has 142 valence electrons. The van der Waals surface area contributed by atoms with Gasteiger partial charge in [-0.3, -0.25) is 9.69 Å². The van der Waals surface area contributed by atoms with E-state index in [0.29, 0.717) is 22.5 Å². The summed E-state index contributed by atoms with van der Waals surface area (Å²) in [5.41, 5.74) is 3.48. The van der Waals surface area contributed by atoms with Gasteiger partial charge in [0, 0.05) is 32.1 Å². The number of hydrogen-bond donors (Lipinski definition) is 1. The Labute approximate surface area is 169 Å². The molecule has 2 saturated heterocycles. The lowest BCUT2D eigenvalue weighted by Crippen LogP contribution is -2.45. The number of para-hydroxylation sites is 1. The summed E-state index contributed by atoms with van der Waals surface area (Å²) in [6.07, 6.45) is 0.746. The van der Waals surface area contributed by atoms with Gasteiger partial charge in [0.25, 0.3) is 0 Å². The first-order valence-corrected chi connectivity index (χ1v) is 10.00.